The first-order chi connectivity index (χ1) is 16.8. The van der Waals surface area contributed by atoms with E-state index in [1.54, 1.807) is 23.9 Å². The molecule has 0 radical (unpaired) electrons. The summed E-state index contributed by atoms with van der Waals surface area (Å²) in [6.45, 7) is 7.33. The molecule has 0 N–H and O–H groups in total. The molecule has 1 aliphatic rings. The van der Waals surface area contributed by atoms with Crippen molar-refractivity contribution in [1.29, 1.82) is 0 Å². The van der Waals surface area contributed by atoms with Crippen LogP contribution < -0.4 is 4.74 Å². The minimum absolute atomic E-state index is 0.0363. The van der Waals surface area contributed by atoms with Crippen molar-refractivity contribution < 1.29 is 13.9 Å². The van der Waals surface area contributed by atoms with Crippen LogP contribution in [0.1, 0.15) is 33.6 Å². The van der Waals surface area contributed by atoms with Gasteiger partial charge in [0.05, 0.1) is 7.11 Å². The number of hydrogen-bond donors (Lipinski definition) is 0. The largest absolute Gasteiger partial charge is 0.497 e. The van der Waals surface area contributed by atoms with Crippen LogP contribution in [0.4, 0.5) is 4.39 Å². The molecule has 4 rings (SSSR count). The fraction of sp³-hybridized carbons (Fsp3) is 0.333. The van der Waals surface area contributed by atoms with Crippen LogP contribution in [-0.2, 0) is 11.3 Å². The van der Waals surface area contributed by atoms with Gasteiger partial charge in [0.15, 0.2) is 11.6 Å². The summed E-state index contributed by atoms with van der Waals surface area (Å²) in [6.07, 6.45) is 1.51. The number of carbonyl (C=O) groups is 1. The Kier molecular flexibility index (Phi) is 7.39. The smallest absolute Gasteiger partial charge is 0.244 e. The molecule has 1 amide bonds. The highest BCUT2D eigenvalue weighted by molar-refractivity contribution is 5.80. The van der Waals surface area contributed by atoms with E-state index in [4.69, 9.17) is 9.72 Å². The van der Waals surface area contributed by atoms with E-state index in [0.29, 0.717) is 30.3 Å². The Labute approximate surface area is 205 Å². The van der Waals surface area contributed by atoms with Crippen LogP contribution in [0.15, 0.2) is 64.8 Å². The van der Waals surface area contributed by atoms with Gasteiger partial charge in [0.1, 0.15) is 18.1 Å². The molecular weight excluding hydrogens is 445 g/mol. The van der Waals surface area contributed by atoms with Crippen LogP contribution in [-0.4, -0.2) is 51.5 Å². The third-order valence-electron chi connectivity index (χ3n) is 5.99. The lowest BCUT2D eigenvalue weighted by atomic mass is 10.1. The van der Waals surface area contributed by atoms with Crippen LogP contribution >= 0.6 is 0 Å². The van der Waals surface area contributed by atoms with Gasteiger partial charge in [-0.3, -0.25) is 9.79 Å². The lowest BCUT2D eigenvalue weighted by Gasteiger charge is -2.20. The van der Waals surface area contributed by atoms with Crippen molar-refractivity contribution in [3.63, 3.8) is 0 Å². The zero-order chi connectivity index (χ0) is 24.9. The lowest BCUT2D eigenvalue weighted by Crippen LogP contribution is -2.35. The number of ether oxygens (including phenoxy) is 1. The van der Waals surface area contributed by atoms with Gasteiger partial charge < -0.3 is 9.64 Å². The summed E-state index contributed by atoms with van der Waals surface area (Å²) in [4.78, 5) is 24.5. The summed E-state index contributed by atoms with van der Waals surface area (Å²) in [5.74, 6) is 1.36. The van der Waals surface area contributed by atoms with Crippen molar-refractivity contribution in [1.82, 2.24) is 19.7 Å². The van der Waals surface area contributed by atoms with Gasteiger partial charge >= 0.3 is 0 Å². The maximum absolute atomic E-state index is 13.5. The van der Waals surface area contributed by atoms with E-state index < -0.39 is 0 Å². The number of halogens is 1. The summed E-state index contributed by atoms with van der Waals surface area (Å²) in [5, 5.41) is 4.65. The highest BCUT2D eigenvalue weighted by atomic mass is 19.1. The van der Waals surface area contributed by atoms with Crippen molar-refractivity contribution in [2.24, 2.45) is 4.99 Å². The van der Waals surface area contributed by atoms with Crippen molar-refractivity contribution in [2.75, 3.05) is 20.2 Å². The Morgan fingerprint density at radius 2 is 1.69 bits per heavy atom. The quantitative estimate of drug-likeness (QED) is 0.463. The Morgan fingerprint density at radius 3 is 2.34 bits per heavy atom. The monoisotopic (exact) mass is 475 g/mol. The second-order valence-corrected chi connectivity index (χ2v) is 8.82. The predicted octanol–water partition coefficient (Wildman–Crippen LogP) is 5.14. The molecule has 2 heterocycles. The number of aromatic nitrogens is 3. The van der Waals surface area contributed by atoms with Crippen molar-refractivity contribution in [3.8, 4) is 28.5 Å². The zero-order valence-corrected chi connectivity index (χ0v) is 20.6. The first-order valence-corrected chi connectivity index (χ1v) is 11.7. The highest BCUT2D eigenvalue weighted by Gasteiger charge is 2.22. The summed E-state index contributed by atoms with van der Waals surface area (Å²) in [6, 6.07) is 13.5. The SMILES string of the molecule is COc1ccc(-c2nc(-c3ccc(F)cc3)n(CC(=O)N3CCC(C)=C(N=C(C)C)CC3)n2)cc1. The number of amides is 1. The molecule has 0 spiro atoms. The molecular formula is C27H30FN5O2. The van der Waals surface area contributed by atoms with Gasteiger partial charge in [-0.25, -0.2) is 14.1 Å². The van der Waals surface area contributed by atoms with E-state index in [-0.39, 0.29) is 18.3 Å². The molecule has 2 aromatic carbocycles. The van der Waals surface area contributed by atoms with E-state index in [1.807, 2.05) is 43.0 Å². The van der Waals surface area contributed by atoms with Gasteiger partial charge in [0.2, 0.25) is 5.91 Å². The van der Waals surface area contributed by atoms with Crippen LogP contribution in [0.2, 0.25) is 0 Å². The second kappa shape index (κ2) is 10.6. The first-order valence-electron chi connectivity index (χ1n) is 11.7. The average molecular weight is 476 g/mol. The number of nitrogens with zero attached hydrogens (tertiary/aromatic N) is 5. The normalized spacial score (nSPS) is 14.0. The molecule has 7 nitrogen and oxygen atoms in total. The van der Waals surface area contributed by atoms with Gasteiger partial charge in [-0.2, -0.15) is 0 Å². The molecule has 8 heteroatoms. The first kappa shape index (κ1) is 24.3. The minimum Gasteiger partial charge on any atom is -0.497 e. The van der Waals surface area contributed by atoms with Crippen molar-refractivity contribution in [3.05, 3.63) is 65.6 Å². The summed E-state index contributed by atoms with van der Waals surface area (Å²) in [7, 11) is 1.61. The van der Waals surface area contributed by atoms with Crippen LogP contribution in [0.5, 0.6) is 5.75 Å². The maximum atomic E-state index is 13.5. The van der Waals surface area contributed by atoms with E-state index in [0.717, 1.165) is 35.6 Å². The van der Waals surface area contributed by atoms with Gasteiger partial charge in [-0.15, -0.1) is 5.10 Å². The van der Waals surface area contributed by atoms with Crippen LogP contribution in [0.25, 0.3) is 22.8 Å². The molecule has 0 fully saturated rings. The number of hydrogen-bond acceptors (Lipinski definition) is 5. The molecule has 0 saturated heterocycles. The van der Waals surface area contributed by atoms with E-state index in [2.05, 4.69) is 17.0 Å². The fourth-order valence-electron chi connectivity index (χ4n) is 4.04. The molecule has 3 aromatic rings. The predicted molar refractivity (Wildman–Crippen MR) is 135 cm³/mol. The summed E-state index contributed by atoms with van der Waals surface area (Å²) < 4.78 is 20.4. The third kappa shape index (κ3) is 5.82. The van der Waals surface area contributed by atoms with E-state index in [9.17, 15) is 9.18 Å². The number of methoxy groups -OCH3 is 1. The second-order valence-electron chi connectivity index (χ2n) is 8.82. The molecule has 182 valence electrons. The Bertz CT molecular complexity index is 1260. The van der Waals surface area contributed by atoms with Crippen LogP contribution in [0.3, 0.4) is 0 Å². The van der Waals surface area contributed by atoms with Crippen molar-refractivity contribution in [2.45, 2.75) is 40.2 Å². The molecule has 0 saturated carbocycles. The van der Waals surface area contributed by atoms with Gasteiger partial charge in [0.25, 0.3) is 0 Å². The Morgan fingerprint density at radius 1 is 1.03 bits per heavy atom. The molecule has 1 aromatic heterocycles. The number of benzene rings is 2. The van der Waals surface area contributed by atoms with E-state index >= 15 is 0 Å². The zero-order valence-electron chi connectivity index (χ0n) is 20.6. The van der Waals surface area contributed by atoms with Gasteiger partial charge in [-0.05, 0) is 81.3 Å². The molecule has 0 bridgehead atoms. The lowest BCUT2D eigenvalue weighted by molar-refractivity contribution is -0.131. The van der Waals surface area contributed by atoms with Crippen molar-refractivity contribution >= 4 is 11.6 Å². The maximum Gasteiger partial charge on any atom is 0.244 e. The van der Waals surface area contributed by atoms with Gasteiger partial charge in [0, 0.05) is 42.0 Å². The third-order valence-corrected chi connectivity index (χ3v) is 5.99. The Hall–Kier alpha value is -3.81. The molecule has 0 unspecified atom stereocenters. The topological polar surface area (TPSA) is 72.6 Å². The molecule has 35 heavy (non-hydrogen) atoms. The number of rotatable bonds is 6. The standard InChI is InChI=1S/C27H30FN5O2/c1-18(2)29-24-14-16-32(15-13-19(24)3)25(34)17-33-27(21-5-9-22(28)10-6-21)30-26(31-33)20-7-11-23(35-4)12-8-20/h5-12H,13-17H2,1-4H3. The Balaban J connectivity index is 1.60. The summed E-state index contributed by atoms with van der Waals surface area (Å²) >= 11 is 0. The van der Waals surface area contributed by atoms with Gasteiger partial charge in [-0.1, -0.05) is 0 Å². The fourth-order valence-corrected chi connectivity index (χ4v) is 4.04. The average Bonchev–Trinajstić information content (AvgIpc) is 3.17. The number of aliphatic imine (C=N–C) groups is 1. The molecule has 0 aliphatic carbocycles. The molecule has 0 atom stereocenters. The molecule has 1 aliphatic heterocycles. The minimum atomic E-state index is -0.334. The van der Waals surface area contributed by atoms with E-state index in [1.165, 1.54) is 17.7 Å². The summed E-state index contributed by atoms with van der Waals surface area (Å²) in [5.41, 5.74) is 4.78. The number of carbonyl (C=O) groups excluding carboxylic acids is 1. The van der Waals surface area contributed by atoms with Crippen LogP contribution in [0, 0.1) is 5.82 Å². The highest BCUT2D eigenvalue weighted by Crippen LogP contribution is 2.25.